The molecule has 1 aliphatic carbocycles. The van der Waals surface area contributed by atoms with E-state index in [9.17, 15) is 13.2 Å². The summed E-state index contributed by atoms with van der Waals surface area (Å²) in [4.78, 5) is 3.83. The molecule has 100 valence electrons. The van der Waals surface area contributed by atoms with Gasteiger partial charge in [-0.1, -0.05) is 12.8 Å². The Bertz CT molecular complexity index is 397. The van der Waals surface area contributed by atoms with Crippen molar-refractivity contribution in [1.29, 1.82) is 0 Å². The molecule has 0 saturated heterocycles. The highest BCUT2D eigenvalue weighted by atomic mass is 19.4. The molecule has 1 fully saturated rings. The van der Waals surface area contributed by atoms with Gasteiger partial charge in [0.05, 0.1) is 5.56 Å². The summed E-state index contributed by atoms with van der Waals surface area (Å²) in [5, 5.41) is 2.93. The Hall–Kier alpha value is -1.26. The van der Waals surface area contributed by atoms with E-state index in [4.69, 9.17) is 0 Å². The molecule has 1 saturated carbocycles. The first-order valence-corrected chi connectivity index (χ1v) is 6.27. The molecule has 0 radical (unpaired) electrons. The van der Waals surface area contributed by atoms with E-state index in [1.807, 2.05) is 6.92 Å². The minimum Gasteiger partial charge on any atom is -0.367 e. The average Bonchev–Trinajstić information content (AvgIpc) is 2.81. The molecule has 0 aromatic carbocycles. The van der Waals surface area contributed by atoms with Crippen LogP contribution in [0.3, 0.4) is 0 Å². The Morgan fingerprint density at radius 1 is 1.33 bits per heavy atom. The maximum Gasteiger partial charge on any atom is 0.419 e. The molecule has 0 amide bonds. The van der Waals surface area contributed by atoms with E-state index in [-0.39, 0.29) is 11.9 Å². The molecule has 1 aromatic rings. The van der Waals surface area contributed by atoms with Gasteiger partial charge in [0, 0.05) is 12.2 Å². The standard InChI is InChI=1S/C13H17F3N2/c1-9(10-5-2-3-6-10)18-12-11(13(14,15)16)7-4-8-17-12/h4,7-10H,2-3,5-6H2,1H3,(H,17,18). The third kappa shape index (κ3) is 2.94. The number of pyridine rings is 1. The van der Waals surface area contributed by atoms with Gasteiger partial charge >= 0.3 is 6.18 Å². The number of hydrogen-bond donors (Lipinski definition) is 1. The van der Waals surface area contributed by atoms with Gasteiger partial charge in [-0.15, -0.1) is 0 Å². The first kappa shape index (κ1) is 13.2. The van der Waals surface area contributed by atoms with Crippen LogP contribution in [0.5, 0.6) is 0 Å². The van der Waals surface area contributed by atoms with E-state index in [1.54, 1.807) is 0 Å². The molecular formula is C13H17F3N2. The van der Waals surface area contributed by atoms with Crippen molar-refractivity contribution < 1.29 is 13.2 Å². The first-order chi connectivity index (χ1) is 8.48. The van der Waals surface area contributed by atoms with Gasteiger partial charge in [-0.3, -0.25) is 0 Å². The number of alkyl halides is 3. The zero-order valence-electron chi connectivity index (χ0n) is 10.3. The van der Waals surface area contributed by atoms with Gasteiger partial charge in [0.1, 0.15) is 5.82 Å². The molecule has 1 heterocycles. The molecule has 1 aliphatic rings. The number of aromatic nitrogens is 1. The van der Waals surface area contributed by atoms with Crippen LogP contribution in [-0.4, -0.2) is 11.0 Å². The van der Waals surface area contributed by atoms with Gasteiger partial charge in [0.2, 0.25) is 0 Å². The van der Waals surface area contributed by atoms with Crippen LogP contribution in [0, 0.1) is 5.92 Å². The zero-order valence-corrected chi connectivity index (χ0v) is 10.3. The monoisotopic (exact) mass is 258 g/mol. The highest BCUT2D eigenvalue weighted by molar-refractivity contribution is 5.46. The molecule has 2 nitrogen and oxygen atoms in total. The summed E-state index contributed by atoms with van der Waals surface area (Å²) >= 11 is 0. The summed E-state index contributed by atoms with van der Waals surface area (Å²) in [6, 6.07) is 2.41. The Morgan fingerprint density at radius 3 is 2.61 bits per heavy atom. The van der Waals surface area contributed by atoms with Crippen LogP contribution in [-0.2, 0) is 6.18 Å². The Kier molecular flexibility index (Phi) is 3.78. The van der Waals surface area contributed by atoms with Crippen molar-refractivity contribution in [3.05, 3.63) is 23.9 Å². The van der Waals surface area contributed by atoms with Crippen molar-refractivity contribution in [3.63, 3.8) is 0 Å². The molecule has 0 bridgehead atoms. The minimum atomic E-state index is -4.36. The number of nitrogens with one attached hydrogen (secondary N) is 1. The lowest BCUT2D eigenvalue weighted by Gasteiger charge is -2.22. The van der Waals surface area contributed by atoms with Gasteiger partial charge in [0.15, 0.2) is 0 Å². The van der Waals surface area contributed by atoms with Gasteiger partial charge in [-0.05, 0) is 37.8 Å². The molecule has 0 spiro atoms. The fraction of sp³-hybridized carbons (Fsp3) is 0.615. The topological polar surface area (TPSA) is 24.9 Å². The fourth-order valence-corrected chi connectivity index (χ4v) is 2.54. The third-order valence-corrected chi connectivity index (χ3v) is 3.58. The number of anilines is 1. The van der Waals surface area contributed by atoms with E-state index in [2.05, 4.69) is 10.3 Å². The highest BCUT2D eigenvalue weighted by Crippen LogP contribution is 2.35. The van der Waals surface area contributed by atoms with Gasteiger partial charge in [0.25, 0.3) is 0 Å². The predicted molar refractivity (Wildman–Crippen MR) is 64.3 cm³/mol. The van der Waals surface area contributed by atoms with Crippen molar-refractivity contribution in [2.45, 2.75) is 44.8 Å². The van der Waals surface area contributed by atoms with Gasteiger partial charge in [-0.2, -0.15) is 13.2 Å². The molecule has 1 unspecified atom stereocenters. The summed E-state index contributed by atoms with van der Waals surface area (Å²) in [5.41, 5.74) is -0.685. The number of nitrogens with zero attached hydrogens (tertiary/aromatic N) is 1. The molecule has 2 rings (SSSR count). The normalized spacial score (nSPS) is 18.9. The molecule has 1 aromatic heterocycles. The Labute approximate surface area is 105 Å². The summed E-state index contributed by atoms with van der Waals surface area (Å²) in [6.45, 7) is 1.94. The van der Waals surface area contributed by atoms with Crippen molar-refractivity contribution in [2.24, 2.45) is 5.92 Å². The van der Waals surface area contributed by atoms with Gasteiger partial charge in [-0.25, -0.2) is 4.98 Å². The minimum absolute atomic E-state index is 0.0310. The van der Waals surface area contributed by atoms with Crippen LogP contribution < -0.4 is 5.32 Å². The first-order valence-electron chi connectivity index (χ1n) is 6.27. The van der Waals surface area contributed by atoms with Crippen molar-refractivity contribution in [2.75, 3.05) is 5.32 Å². The van der Waals surface area contributed by atoms with Crippen LogP contribution >= 0.6 is 0 Å². The van der Waals surface area contributed by atoms with E-state index in [1.165, 1.54) is 25.1 Å². The summed E-state index contributed by atoms with van der Waals surface area (Å²) < 4.78 is 38.4. The maximum absolute atomic E-state index is 12.8. The lowest BCUT2D eigenvalue weighted by molar-refractivity contribution is -0.137. The second-order valence-electron chi connectivity index (χ2n) is 4.87. The molecular weight excluding hydrogens is 241 g/mol. The number of rotatable bonds is 3. The molecule has 0 aliphatic heterocycles. The van der Waals surface area contributed by atoms with Gasteiger partial charge < -0.3 is 5.32 Å². The largest absolute Gasteiger partial charge is 0.419 e. The Morgan fingerprint density at radius 2 is 2.00 bits per heavy atom. The zero-order chi connectivity index (χ0) is 13.2. The van der Waals surface area contributed by atoms with Crippen LogP contribution in [0.25, 0.3) is 0 Å². The lowest BCUT2D eigenvalue weighted by Crippen LogP contribution is -2.26. The van der Waals surface area contributed by atoms with Crippen molar-refractivity contribution >= 4 is 5.82 Å². The average molecular weight is 258 g/mol. The highest BCUT2D eigenvalue weighted by Gasteiger charge is 2.35. The van der Waals surface area contributed by atoms with Crippen LogP contribution in [0.15, 0.2) is 18.3 Å². The van der Waals surface area contributed by atoms with E-state index in [0.717, 1.165) is 18.9 Å². The summed E-state index contributed by atoms with van der Waals surface area (Å²) in [7, 11) is 0. The van der Waals surface area contributed by atoms with Crippen LogP contribution in [0.1, 0.15) is 38.2 Å². The molecule has 5 heteroatoms. The summed E-state index contributed by atoms with van der Waals surface area (Å²) in [5.74, 6) is 0.400. The smallest absolute Gasteiger partial charge is 0.367 e. The SMILES string of the molecule is CC(Nc1ncccc1C(F)(F)F)C1CCCC1. The summed E-state index contributed by atoms with van der Waals surface area (Å²) in [6.07, 6.45) is 1.55. The second kappa shape index (κ2) is 5.16. The third-order valence-electron chi connectivity index (χ3n) is 3.58. The molecule has 1 N–H and O–H groups in total. The van der Waals surface area contributed by atoms with Crippen molar-refractivity contribution in [1.82, 2.24) is 4.98 Å². The molecule has 1 atom stereocenters. The lowest BCUT2D eigenvalue weighted by atomic mass is 9.99. The number of hydrogen-bond acceptors (Lipinski definition) is 2. The van der Waals surface area contributed by atoms with E-state index >= 15 is 0 Å². The van der Waals surface area contributed by atoms with Crippen LogP contribution in [0.4, 0.5) is 19.0 Å². The predicted octanol–water partition coefficient (Wildman–Crippen LogP) is 4.09. The second-order valence-corrected chi connectivity index (χ2v) is 4.87. The van der Waals surface area contributed by atoms with Crippen LogP contribution in [0.2, 0.25) is 0 Å². The Balaban J connectivity index is 2.13. The fourth-order valence-electron chi connectivity index (χ4n) is 2.54. The maximum atomic E-state index is 12.8. The van der Waals surface area contributed by atoms with E-state index in [0.29, 0.717) is 5.92 Å². The van der Waals surface area contributed by atoms with Crippen molar-refractivity contribution in [3.8, 4) is 0 Å². The number of halogens is 3. The molecule has 18 heavy (non-hydrogen) atoms. The van der Waals surface area contributed by atoms with E-state index < -0.39 is 11.7 Å². The quantitative estimate of drug-likeness (QED) is 0.883.